The first-order chi connectivity index (χ1) is 13.1. The number of hydrogen-bond donors (Lipinski definition) is 1. The smallest absolute Gasteiger partial charge is 0.193 e. The molecule has 1 saturated heterocycles. The molecule has 1 fully saturated rings. The minimum absolute atomic E-state index is 0.209. The van der Waals surface area contributed by atoms with Crippen molar-refractivity contribution in [1.29, 1.82) is 0 Å². The van der Waals surface area contributed by atoms with Crippen molar-refractivity contribution in [2.24, 2.45) is 7.05 Å². The average Bonchev–Trinajstić information content (AvgIpc) is 3.34. The SMILES string of the molecule is COc1c(-c2nc3sc(C4CCNCC4)cc3s2)cc2cn(C)nc2c1F. The zero-order valence-electron chi connectivity index (χ0n) is 15.1. The van der Waals surface area contributed by atoms with E-state index in [0.717, 1.165) is 33.0 Å². The van der Waals surface area contributed by atoms with Crippen LogP contribution in [0, 0.1) is 5.82 Å². The van der Waals surface area contributed by atoms with Crippen molar-refractivity contribution < 1.29 is 9.13 Å². The van der Waals surface area contributed by atoms with E-state index in [0.29, 0.717) is 17.0 Å². The predicted molar refractivity (Wildman–Crippen MR) is 109 cm³/mol. The van der Waals surface area contributed by atoms with E-state index < -0.39 is 5.82 Å². The van der Waals surface area contributed by atoms with Gasteiger partial charge < -0.3 is 10.1 Å². The van der Waals surface area contributed by atoms with E-state index in [-0.39, 0.29) is 5.75 Å². The van der Waals surface area contributed by atoms with Crippen molar-refractivity contribution in [1.82, 2.24) is 20.1 Å². The summed E-state index contributed by atoms with van der Waals surface area (Å²) in [5.41, 5.74) is 1.01. The van der Waals surface area contributed by atoms with Crippen LogP contribution in [0.3, 0.4) is 0 Å². The third-order valence-corrected chi connectivity index (χ3v) is 7.45. The highest BCUT2D eigenvalue weighted by Crippen LogP contribution is 2.43. The van der Waals surface area contributed by atoms with E-state index in [9.17, 15) is 4.39 Å². The lowest BCUT2D eigenvalue weighted by Gasteiger charge is -2.21. The lowest BCUT2D eigenvalue weighted by atomic mass is 9.97. The van der Waals surface area contributed by atoms with Crippen LogP contribution in [0.5, 0.6) is 5.75 Å². The van der Waals surface area contributed by atoms with E-state index in [1.807, 2.05) is 12.3 Å². The monoisotopic (exact) mass is 402 g/mol. The Hall–Kier alpha value is -2.03. The van der Waals surface area contributed by atoms with Crippen molar-refractivity contribution in [3.63, 3.8) is 0 Å². The number of nitrogens with zero attached hydrogens (tertiary/aromatic N) is 3. The maximum atomic E-state index is 14.9. The standard InChI is InChI=1S/C19H19FN4OS2/c1-24-9-11-7-12(17(25-2)15(20)16(11)23-24)18-22-19-14(27-18)8-13(26-19)10-3-5-21-6-4-10/h7-10,21H,3-6H2,1-2H3. The lowest BCUT2D eigenvalue weighted by molar-refractivity contribution is 0.390. The number of fused-ring (bicyclic) bond motifs is 2. The maximum absolute atomic E-state index is 14.9. The Morgan fingerprint density at radius 1 is 1.26 bits per heavy atom. The van der Waals surface area contributed by atoms with Crippen LogP contribution in [0.4, 0.5) is 4.39 Å². The highest BCUT2D eigenvalue weighted by Gasteiger charge is 2.23. The molecule has 0 amide bonds. The Morgan fingerprint density at radius 3 is 2.81 bits per heavy atom. The summed E-state index contributed by atoms with van der Waals surface area (Å²) < 4.78 is 23.0. The highest BCUT2D eigenvalue weighted by atomic mass is 32.1. The number of thiophene rings is 1. The summed E-state index contributed by atoms with van der Waals surface area (Å²) in [6, 6.07) is 4.18. The van der Waals surface area contributed by atoms with E-state index in [1.165, 1.54) is 24.8 Å². The van der Waals surface area contributed by atoms with Gasteiger partial charge in [0.05, 0.1) is 17.4 Å². The number of ether oxygens (including phenoxy) is 1. The number of benzene rings is 1. The van der Waals surface area contributed by atoms with Crippen LogP contribution in [0.25, 0.3) is 31.0 Å². The molecule has 0 saturated carbocycles. The van der Waals surface area contributed by atoms with E-state index in [1.54, 1.807) is 34.4 Å². The first-order valence-electron chi connectivity index (χ1n) is 8.95. The van der Waals surface area contributed by atoms with Gasteiger partial charge in [0.15, 0.2) is 11.6 Å². The summed E-state index contributed by atoms with van der Waals surface area (Å²) in [5.74, 6) is 0.403. The van der Waals surface area contributed by atoms with Crippen LogP contribution in [-0.2, 0) is 7.05 Å². The Bertz CT molecular complexity index is 1110. The molecule has 0 aliphatic carbocycles. The van der Waals surface area contributed by atoms with Gasteiger partial charge in [0.1, 0.15) is 15.4 Å². The van der Waals surface area contributed by atoms with Gasteiger partial charge in [0, 0.05) is 23.5 Å². The number of aromatic nitrogens is 3. The molecule has 0 bridgehead atoms. The molecule has 1 aromatic carbocycles. The Morgan fingerprint density at radius 2 is 2.07 bits per heavy atom. The molecule has 0 unspecified atom stereocenters. The molecule has 4 heterocycles. The first-order valence-corrected chi connectivity index (χ1v) is 10.6. The molecule has 0 radical (unpaired) electrons. The second kappa shape index (κ2) is 6.54. The predicted octanol–water partition coefficient (Wildman–Crippen LogP) is 4.53. The van der Waals surface area contributed by atoms with Gasteiger partial charge in [-0.25, -0.2) is 9.37 Å². The summed E-state index contributed by atoms with van der Waals surface area (Å²) in [6.07, 6.45) is 4.17. The second-order valence-corrected chi connectivity index (χ2v) is 8.97. The quantitative estimate of drug-likeness (QED) is 0.547. The summed E-state index contributed by atoms with van der Waals surface area (Å²) in [5, 5.41) is 9.14. The van der Waals surface area contributed by atoms with Crippen molar-refractivity contribution in [2.75, 3.05) is 20.2 Å². The third-order valence-electron chi connectivity index (χ3n) is 5.09. The fraction of sp³-hybridized carbons (Fsp3) is 0.368. The van der Waals surface area contributed by atoms with Gasteiger partial charge in [-0.2, -0.15) is 5.10 Å². The van der Waals surface area contributed by atoms with Gasteiger partial charge in [-0.15, -0.1) is 22.7 Å². The number of hydrogen-bond acceptors (Lipinski definition) is 6. The number of halogens is 1. The van der Waals surface area contributed by atoms with Gasteiger partial charge in [-0.05, 0) is 44.0 Å². The van der Waals surface area contributed by atoms with E-state index >= 15 is 0 Å². The zero-order chi connectivity index (χ0) is 18.5. The zero-order valence-corrected chi connectivity index (χ0v) is 16.7. The summed E-state index contributed by atoms with van der Waals surface area (Å²) in [6.45, 7) is 2.16. The molecule has 5 nitrogen and oxygen atoms in total. The molecule has 140 valence electrons. The molecule has 3 aromatic heterocycles. The third kappa shape index (κ3) is 2.83. The fourth-order valence-corrected chi connectivity index (χ4v) is 6.17. The molecular weight excluding hydrogens is 383 g/mol. The van der Waals surface area contributed by atoms with Crippen LogP contribution in [0.1, 0.15) is 23.6 Å². The molecule has 27 heavy (non-hydrogen) atoms. The van der Waals surface area contributed by atoms with Gasteiger partial charge in [-0.3, -0.25) is 4.68 Å². The van der Waals surface area contributed by atoms with Crippen LogP contribution in [0.15, 0.2) is 18.3 Å². The molecule has 5 rings (SSSR count). The molecule has 0 spiro atoms. The number of thiazole rings is 1. The van der Waals surface area contributed by atoms with Crippen molar-refractivity contribution in [3.05, 3.63) is 29.0 Å². The second-order valence-electron chi connectivity index (χ2n) is 6.87. The summed E-state index contributed by atoms with van der Waals surface area (Å²) in [4.78, 5) is 7.25. The van der Waals surface area contributed by atoms with Crippen molar-refractivity contribution in [2.45, 2.75) is 18.8 Å². The average molecular weight is 403 g/mol. The molecule has 8 heteroatoms. The van der Waals surface area contributed by atoms with Crippen LogP contribution < -0.4 is 10.1 Å². The van der Waals surface area contributed by atoms with Crippen molar-refractivity contribution in [3.8, 4) is 16.3 Å². The van der Waals surface area contributed by atoms with Crippen LogP contribution in [0.2, 0.25) is 0 Å². The molecule has 4 aromatic rings. The number of aryl methyl sites for hydroxylation is 1. The Kier molecular flexibility index (Phi) is 4.14. The minimum atomic E-state index is -0.431. The Labute approximate surface area is 163 Å². The largest absolute Gasteiger partial charge is 0.493 e. The number of nitrogens with one attached hydrogen (secondary N) is 1. The van der Waals surface area contributed by atoms with Gasteiger partial charge >= 0.3 is 0 Å². The molecule has 1 aliphatic rings. The topological polar surface area (TPSA) is 52.0 Å². The van der Waals surface area contributed by atoms with Crippen LogP contribution in [-0.4, -0.2) is 35.0 Å². The van der Waals surface area contributed by atoms with E-state index in [4.69, 9.17) is 9.72 Å². The van der Waals surface area contributed by atoms with Crippen LogP contribution >= 0.6 is 22.7 Å². The molecule has 1 N–H and O–H groups in total. The van der Waals surface area contributed by atoms with E-state index in [2.05, 4.69) is 16.5 Å². The van der Waals surface area contributed by atoms with Gasteiger partial charge in [0.25, 0.3) is 0 Å². The lowest BCUT2D eigenvalue weighted by Crippen LogP contribution is -2.26. The highest BCUT2D eigenvalue weighted by molar-refractivity contribution is 7.28. The Balaban J connectivity index is 1.59. The number of piperidine rings is 1. The number of rotatable bonds is 3. The molecular formula is C19H19FN4OS2. The maximum Gasteiger partial charge on any atom is 0.193 e. The fourth-order valence-electron chi connectivity index (χ4n) is 3.76. The molecule has 1 aliphatic heterocycles. The first kappa shape index (κ1) is 17.1. The normalized spacial score (nSPS) is 15.8. The van der Waals surface area contributed by atoms with Gasteiger partial charge in [0.2, 0.25) is 0 Å². The minimum Gasteiger partial charge on any atom is -0.493 e. The number of methoxy groups -OCH3 is 1. The van der Waals surface area contributed by atoms with Crippen molar-refractivity contribution >= 4 is 43.1 Å². The summed E-state index contributed by atoms with van der Waals surface area (Å²) in [7, 11) is 3.27. The summed E-state index contributed by atoms with van der Waals surface area (Å²) >= 11 is 3.36. The molecule has 0 atom stereocenters. The van der Waals surface area contributed by atoms with Gasteiger partial charge in [-0.1, -0.05) is 0 Å².